The molecule has 9 nitrogen and oxygen atoms in total. The van der Waals surface area contributed by atoms with Crippen molar-refractivity contribution in [3.05, 3.63) is 65.5 Å². The third-order valence-electron chi connectivity index (χ3n) is 6.03. The molecule has 9 heteroatoms. The van der Waals surface area contributed by atoms with Crippen molar-refractivity contribution in [2.75, 3.05) is 26.2 Å². The molecule has 1 saturated heterocycles. The zero-order valence-electron chi connectivity index (χ0n) is 20.1. The van der Waals surface area contributed by atoms with Gasteiger partial charge in [-0.2, -0.15) is 0 Å². The number of rotatable bonds is 8. The molecular formula is C26H28N2O7. The molecule has 35 heavy (non-hydrogen) atoms. The van der Waals surface area contributed by atoms with Crippen molar-refractivity contribution in [1.82, 2.24) is 5.16 Å². The molecule has 4 rings (SSSR count). The Bertz CT molecular complexity index is 1190. The van der Waals surface area contributed by atoms with Crippen LogP contribution in [0.2, 0.25) is 0 Å². The zero-order valence-corrected chi connectivity index (χ0v) is 20.1. The van der Waals surface area contributed by atoms with E-state index < -0.39 is 17.9 Å². The number of methoxy groups -OCH3 is 3. The van der Waals surface area contributed by atoms with Gasteiger partial charge in [-0.1, -0.05) is 11.2 Å². The highest BCUT2D eigenvalue weighted by atomic mass is 16.6. The number of ether oxygens (including phenoxy) is 4. The average molecular weight is 481 g/mol. The van der Waals surface area contributed by atoms with Crippen molar-refractivity contribution in [3.63, 3.8) is 0 Å². The smallest absolute Gasteiger partial charge is 0.311 e. The highest BCUT2D eigenvalue weighted by Gasteiger charge is 2.42. The molecule has 184 valence electrons. The Balaban J connectivity index is 1.72. The number of carbonyl (C=O) groups is 2. The van der Waals surface area contributed by atoms with Crippen molar-refractivity contribution in [1.29, 1.82) is 0 Å². The molecule has 1 aliphatic rings. The average Bonchev–Trinajstić information content (AvgIpc) is 3.31. The summed E-state index contributed by atoms with van der Waals surface area (Å²) in [6, 6.07) is 13.6. The van der Waals surface area contributed by atoms with Gasteiger partial charge in [0.25, 0.3) is 0 Å². The lowest BCUT2D eigenvalue weighted by molar-refractivity contribution is -0.152. The van der Waals surface area contributed by atoms with Crippen LogP contribution in [-0.4, -0.2) is 38.4 Å². The van der Waals surface area contributed by atoms with E-state index in [0.717, 1.165) is 5.56 Å². The predicted molar refractivity (Wildman–Crippen MR) is 127 cm³/mol. The van der Waals surface area contributed by atoms with Crippen LogP contribution in [-0.2, 0) is 20.9 Å². The highest BCUT2D eigenvalue weighted by molar-refractivity contribution is 5.97. The third kappa shape index (κ3) is 5.08. The van der Waals surface area contributed by atoms with Crippen molar-refractivity contribution in [2.24, 2.45) is 5.92 Å². The summed E-state index contributed by atoms with van der Waals surface area (Å²) in [6.07, 6.45) is 0.551. The van der Waals surface area contributed by atoms with Crippen LogP contribution in [0.15, 0.2) is 53.1 Å². The van der Waals surface area contributed by atoms with Crippen LogP contribution in [0.5, 0.6) is 17.2 Å². The summed E-state index contributed by atoms with van der Waals surface area (Å²) >= 11 is 0. The van der Waals surface area contributed by atoms with Gasteiger partial charge in [-0.05, 0) is 55.3 Å². The molecule has 1 aromatic heterocycles. The Labute approximate surface area is 203 Å². The summed E-state index contributed by atoms with van der Waals surface area (Å²) in [4.78, 5) is 28.2. The van der Waals surface area contributed by atoms with Crippen LogP contribution in [0.1, 0.15) is 35.9 Å². The number of aryl methyl sites for hydroxylation is 1. The van der Waals surface area contributed by atoms with Gasteiger partial charge in [0.1, 0.15) is 5.75 Å². The van der Waals surface area contributed by atoms with Crippen LogP contribution in [0.3, 0.4) is 0 Å². The quantitative estimate of drug-likeness (QED) is 0.442. The van der Waals surface area contributed by atoms with E-state index in [-0.39, 0.29) is 18.9 Å². The topological polar surface area (TPSA) is 100 Å². The zero-order chi connectivity index (χ0) is 24.9. The van der Waals surface area contributed by atoms with Crippen LogP contribution >= 0.6 is 0 Å². The first-order valence-electron chi connectivity index (χ1n) is 11.2. The molecule has 3 aromatic rings. The number of aromatic nitrogens is 1. The lowest BCUT2D eigenvalue weighted by atomic mass is 9.83. The standard InChI is InChI=1S/C26H28N2O7/c1-16-13-20(35-27-16)15-34-26(30)21-10-12-24(29)28(18-6-8-19(31-2)9-7-18)25(21)17-5-11-22(32-3)23(14-17)33-4/h5-9,11,13-14,21,25H,10,12,15H2,1-4H3. The van der Waals surface area contributed by atoms with Crippen molar-refractivity contribution in [2.45, 2.75) is 32.4 Å². The van der Waals surface area contributed by atoms with E-state index in [4.69, 9.17) is 23.5 Å². The Morgan fingerprint density at radius 2 is 1.77 bits per heavy atom. The molecule has 1 fully saturated rings. The lowest BCUT2D eigenvalue weighted by Crippen LogP contribution is -2.46. The number of hydrogen-bond donors (Lipinski definition) is 0. The summed E-state index contributed by atoms with van der Waals surface area (Å²) in [6.45, 7) is 1.76. The molecule has 2 heterocycles. The predicted octanol–water partition coefficient (Wildman–Crippen LogP) is 4.24. The van der Waals surface area contributed by atoms with Crippen LogP contribution in [0.25, 0.3) is 0 Å². The normalized spacial score (nSPS) is 17.7. The highest BCUT2D eigenvalue weighted by Crippen LogP contribution is 2.43. The number of benzene rings is 2. The van der Waals surface area contributed by atoms with Gasteiger partial charge in [-0.15, -0.1) is 0 Å². The lowest BCUT2D eigenvalue weighted by Gasteiger charge is -2.40. The number of carbonyl (C=O) groups excluding carboxylic acids is 2. The van der Waals surface area contributed by atoms with Gasteiger partial charge >= 0.3 is 5.97 Å². The molecule has 1 aliphatic heterocycles. The fourth-order valence-corrected chi connectivity index (χ4v) is 4.34. The van der Waals surface area contributed by atoms with Gasteiger partial charge in [-0.3, -0.25) is 9.59 Å². The Kier molecular flexibility index (Phi) is 7.24. The van der Waals surface area contributed by atoms with E-state index >= 15 is 0 Å². The number of piperidine rings is 1. The summed E-state index contributed by atoms with van der Waals surface area (Å²) in [5.41, 5.74) is 2.08. The van der Waals surface area contributed by atoms with Crippen molar-refractivity contribution in [3.8, 4) is 17.2 Å². The molecule has 0 N–H and O–H groups in total. The summed E-state index contributed by atoms with van der Waals surface area (Å²) < 4.78 is 26.9. The number of anilines is 1. The molecule has 2 aromatic carbocycles. The minimum absolute atomic E-state index is 0.0364. The molecule has 1 amide bonds. The van der Waals surface area contributed by atoms with E-state index in [9.17, 15) is 9.59 Å². The number of esters is 1. The summed E-state index contributed by atoms with van der Waals surface area (Å²) in [5, 5.41) is 3.83. The van der Waals surface area contributed by atoms with Gasteiger partial charge in [0.05, 0.1) is 39.0 Å². The fraction of sp³-hybridized carbons (Fsp3) is 0.346. The second-order valence-corrected chi connectivity index (χ2v) is 8.21. The molecule has 0 aliphatic carbocycles. The van der Waals surface area contributed by atoms with Gasteiger partial charge in [0.15, 0.2) is 23.9 Å². The second kappa shape index (κ2) is 10.5. The Morgan fingerprint density at radius 1 is 1.03 bits per heavy atom. The maximum atomic E-state index is 13.3. The molecule has 2 atom stereocenters. The SMILES string of the molecule is COc1ccc(N2C(=O)CCC(C(=O)OCc3cc(C)no3)C2c2ccc(OC)c(OC)c2)cc1. The summed E-state index contributed by atoms with van der Waals surface area (Å²) in [5.74, 6) is 1.04. The van der Waals surface area contributed by atoms with E-state index in [1.54, 1.807) is 75.6 Å². The molecule has 2 unspecified atom stereocenters. The first-order valence-corrected chi connectivity index (χ1v) is 11.2. The Hall–Kier alpha value is -4.01. The van der Waals surface area contributed by atoms with E-state index in [0.29, 0.717) is 40.8 Å². The molecule has 0 spiro atoms. The second-order valence-electron chi connectivity index (χ2n) is 8.21. The van der Waals surface area contributed by atoms with E-state index in [1.165, 1.54) is 0 Å². The minimum Gasteiger partial charge on any atom is -0.497 e. The maximum Gasteiger partial charge on any atom is 0.311 e. The first-order chi connectivity index (χ1) is 16.9. The van der Waals surface area contributed by atoms with E-state index in [2.05, 4.69) is 5.16 Å². The number of nitrogens with zero attached hydrogens (tertiary/aromatic N) is 2. The van der Waals surface area contributed by atoms with E-state index in [1.807, 2.05) is 6.07 Å². The van der Waals surface area contributed by atoms with Gasteiger partial charge in [-0.25, -0.2) is 0 Å². The number of hydrogen-bond acceptors (Lipinski definition) is 8. The molecule has 0 saturated carbocycles. The van der Waals surface area contributed by atoms with Gasteiger partial charge in [0, 0.05) is 18.2 Å². The van der Waals surface area contributed by atoms with Crippen molar-refractivity contribution >= 4 is 17.6 Å². The molecule has 0 bridgehead atoms. The maximum absolute atomic E-state index is 13.3. The fourth-order valence-electron chi connectivity index (χ4n) is 4.34. The third-order valence-corrected chi connectivity index (χ3v) is 6.03. The minimum atomic E-state index is -0.617. The van der Waals surface area contributed by atoms with Crippen LogP contribution in [0.4, 0.5) is 5.69 Å². The molecular weight excluding hydrogens is 452 g/mol. The summed E-state index contributed by atoms with van der Waals surface area (Å²) in [7, 11) is 4.67. The van der Waals surface area contributed by atoms with Gasteiger partial charge < -0.3 is 28.4 Å². The number of amides is 1. The molecule has 0 radical (unpaired) electrons. The monoisotopic (exact) mass is 480 g/mol. The van der Waals surface area contributed by atoms with Crippen molar-refractivity contribution < 1.29 is 33.1 Å². The van der Waals surface area contributed by atoms with Crippen LogP contribution < -0.4 is 19.1 Å². The largest absolute Gasteiger partial charge is 0.497 e. The Morgan fingerprint density at radius 3 is 2.40 bits per heavy atom. The van der Waals surface area contributed by atoms with Crippen LogP contribution in [0, 0.1) is 12.8 Å². The van der Waals surface area contributed by atoms with Gasteiger partial charge in [0.2, 0.25) is 5.91 Å². The first kappa shape index (κ1) is 24.1.